The number of nitrogens with two attached hydrogens (primary N) is 1. The number of para-hydroxylation sites is 1. The molecule has 1 aliphatic heterocycles. The van der Waals surface area contributed by atoms with Gasteiger partial charge in [-0.05, 0) is 24.1 Å². The summed E-state index contributed by atoms with van der Waals surface area (Å²) in [5, 5.41) is 10.7. The molecule has 3 rings (SSSR count). The van der Waals surface area contributed by atoms with Gasteiger partial charge in [0.2, 0.25) is 0 Å². The minimum atomic E-state index is -0.185. The number of likely N-dealkylation sites (tertiary alicyclic amines) is 1. The first-order valence-electron chi connectivity index (χ1n) is 6.27. The van der Waals surface area contributed by atoms with Gasteiger partial charge in [-0.25, -0.2) is 4.98 Å². The third kappa shape index (κ3) is 2.17. The van der Waals surface area contributed by atoms with E-state index in [4.69, 9.17) is 5.73 Å². The molecule has 4 heteroatoms. The van der Waals surface area contributed by atoms with Crippen molar-refractivity contribution in [1.29, 1.82) is 0 Å². The van der Waals surface area contributed by atoms with E-state index in [1.165, 1.54) is 5.56 Å². The molecule has 2 heterocycles. The van der Waals surface area contributed by atoms with Gasteiger partial charge in [0.15, 0.2) is 0 Å². The topological polar surface area (TPSA) is 62.4 Å². The predicted octanol–water partition coefficient (Wildman–Crippen LogP) is 1.38. The number of aromatic nitrogens is 1. The number of nitrogen functional groups attached to an aromatic ring is 1. The van der Waals surface area contributed by atoms with Gasteiger partial charge in [-0.15, -0.1) is 0 Å². The van der Waals surface area contributed by atoms with Crippen molar-refractivity contribution in [3.05, 3.63) is 35.9 Å². The Morgan fingerprint density at radius 1 is 1.39 bits per heavy atom. The third-order valence-corrected chi connectivity index (χ3v) is 3.46. The van der Waals surface area contributed by atoms with Crippen LogP contribution >= 0.6 is 0 Å². The van der Waals surface area contributed by atoms with Crippen molar-refractivity contribution in [3.8, 4) is 0 Å². The molecule has 1 atom stereocenters. The standard InChI is InChI=1S/C14H17N3O/c15-14-7-10(8-17-6-5-11(18)9-17)12-3-1-2-4-13(12)16-14/h1-4,7,11,18H,5-6,8-9H2,(H2,15,16)/t11-/m1/s1. The lowest BCUT2D eigenvalue weighted by molar-refractivity contribution is 0.175. The smallest absolute Gasteiger partial charge is 0.124 e. The summed E-state index contributed by atoms with van der Waals surface area (Å²) < 4.78 is 0. The zero-order valence-electron chi connectivity index (χ0n) is 10.2. The highest BCUT2D eigenvalue weighted by Crippen LogP contribution is 2.22. The van der Waals surface area contributed by atoms with Crippen LogP contribution < -0.4 is 5.73 Å². The van der Waals surface area contributed by atoms with Crippen LogP contribution in [0.3, 0.4) is 0 Å². The minimum absolute atomic E-state index is 0.185. The molecule has 0 spiro atoms. The summed E-state index contributed by atoms with van der Waals surface area (Å²) in [6, 6.07) is 9.98. The summed E-state index contributed by atoms with van der Waals surface area (Å²) >= 11 is 0. The van der Waals surface area contributed by atoms with Gasteiger partial charge in [-0.3, -0.25) is 4.90 Å². The zero-order chi connectivity index (χ0) is 12.5. The van der Waals surface area contributed by atoms with E-state index in [1.54, 1.807) is 0 Å². The molecule has 0 unspecified atom stereocenters. The van der Waals surface area contributed by atoms with Gasteiger partial charge >= 0.3 is 0 Å². The molecule has 0 saturated carbocycles. The van der Waals surface area contributed by atoms with Crippen LogP contribution in [0.2, 0.25) is 0 Å². The van der Waals surface area contributed by atoms with E-state index in [-0.39, 0.29) is 6.10 Å². The number of hydrogen-bond donors (Lipinski definition) is 2. The van der Waals surface area contributed by atoms with Crippen LogP contribution in [0.1, 0.15) is 12.0 Å². The van der Waals surface area contributed by atoms with Crippen LogP contribution in [-0.2, 0) is 6.54 Å². The summed E-state index contributed by atoms with van der Waals surface area (Å²) in [7, 11) is 0. The number of nitrogens with zero attached hydrogens (tertiary/aromatic N) is 2. The monoisotopic (exact) mass is 243 g/mol. The summed E-state index contributed by atoms with van der Waals surface area (Å²) in [5.74, 6) is 0.559. The number of β-amino-alcohol motifs (C(OH)–C–C–N with tert-alkyl or cyclic N) is 1. The summed E-state index contributed by atoms with van der Waals surface area (Å²) in [5.41, 5.74) is 7.97. The average molecular weight is 243 g/mol. The van der Waals surface area contributed by atoms with Crippen LogP contribution in [-0.4, -0.2) is 34.2 Å². The second-order valence-corrected chi connectivity index (χ2v) is 4.90. The lowest BCUT2D eigenvalue weighted by Gasteiger charge is -2.16. The summed E-state index contributed by atoms with van der Waals surface area (Å²) in [4.78, 5) is 6.59. The summed E-state index contributed by atoms with van der Waals surface area (Å²) in [6.45, 7) is 2.51. The second kappa shape index (κ2) is 4.55. The number of pyridine rings is 1. The van der Waals surface area contributed by atoms with Crippen LogP contribution in [0.5, 0.6) is 0 Å². The van der Waals surface area contributed by atoms with Crippen molar-refractivity contribution in [1.82, 2.24) is 9.88 Å². The molecule has 3 N–H and O–H groups in total. The normalized spacial score (nSPS) is 20.6. The Labute approximate surface area is 106 Å². The number of aliphatic hydroxyl groups is 1. The van der Waals surface area contributed by atoms with Gasteiger partial charge in [0.1, 0.15) is 5.82 Å². The molecule has 0 aliphatic carbocycles. The Bertz CT molecular complexity index is 570. The largest absolute Gasteiger partial charge is 0.392 e. The molecule has 18 heavy (non-hydrogen) atoms. The molecule has 2 aromatic rings. The van der Waals surface area contributed by atoms with E-state index >= 15 is 0 Å². The fourth-order valence-electron chi connectivity index (χ4n) is 2.60. The molecule has 1 saturated heterocycles. The molecule has 1 aliphatic rings. The molecule has 0 amide bonds. The molecule has 4 nitrogen and oxygen atoms in total. The van der Waals surface area contributed by atoms with Crippen molar-refractivity contribution >= 4 is 16.7 Å². The molecule has 1 aromatic heterocycles. The highest BCUT2D eigenvalue weighted by Gasteiger charge is 2.20. The first kappa shape index (κ1) is 11.4. The van der Waals surface area contributed by atoms with Gasteiger partial charge in [0, 0.05) is 25.0 Å². The van der Waals surface area contributed by atoms with Crippen LogP contribution in [0, 0.1) is 0 Å². The number of aliphatic hydroxyl groups excluding tert-OH is 1. The minimum Gasteiger partial charge on any atom is -0.392 e. The first-order valence-corrected chi connectivity index (χ1v) is 6.27. The van der Waals surface area contributed by atoms with Crippen LogP contribution in [0.15, 0.2) is 30.3 Å². The van der Waals surface area contributed by atoms with Gasteiger partial charge in [-0.2, -0.15) is 0 Å². The Kier molecular flexibility index (Phi) is 2.89. The van der Waals surface area contributed by atoms with Crippen molar-refractivity contribution in [2.24, 2.45) is 0 Å². The summed E-state index contributed by atoms with van der Waals surface area (Å²) in [6.07, 6.45) is 0.675. The van der Waals surface area contributed by atoms with Crippen LogP contribution in [0.25, 0.3) is 10.9 Å². The number of benzene rings is 1. The SMILES string of the molecule is Nc1cc(CN2CC[C@@H](O)C2)c2ccccc2n1. The van der Waals surface area contributed by atoms with E-state index < -0.39 is 0 Å². The Morgan fingerprint density at radius 3 is 3.00 bits per heavy atom. The van der Waals surface area contributed by atoms with Gasteiger partial charge in [-0.1, -0.05) is 18.2 Å². The maximum absolute atomic E-state index is 9.57. The van der Waals surface area contributed by atoms with Crippen molar-refractivity contribution in [2.45, 2.75) is 19.1 Å². The Balaban J connectivity index is 1.95. The predicted molar refractivity (Wildman–Crippen MR) is 72.1 cm³/mol. The molecule has 1 fully saturated rings. The lowest BCUT2D eigenvalue weighted by Crippen LogP contribution is -2.21. The van der Waals surface area contributed by atoms with E-state index in [2.05, 4.69) is 16.0 Å². The highest BCUT2D eigenvalue weighted by molar-refractivity contribution is 5.83. The van der Waals surface area contributed by atoms with E-state index in [1.807, 2.05) is 24.3 Å². The van der Waals surface area contributed by atoms with E-state index in [0.717, 1.165) is 37.0 Å². The number of rotatable bonds is 2. The van der Waals surface area contributed by atoms with Crippen LogP contribution in [0.4, 0.5) is 5.82 Å². The van der Waals surface area contributed by atoms with Gasteiger partial charge < -0.3 is 10.8 Å². The first-order chi connectivity index (χ1) is 8.72. The average Bonchev–Trinajstić information content (AvgIpc) is 2.74. The number of fused-ring (bicyclic) bond motifs is 1. The van der Waals surface area contributed by atoms with Gasteiger partial charge in [0.05, 0.1) is 11.6 Å². The lowest BCUT2D eigenvalue weighted by atomic mass is 10.1. The highest BCUT2D eigenvalue weighted by atomic mass is 16.3. The maximum Gasteiger partial charge on any atom is 0.124 e. The number of hydrogen-bond acceptors (Lipinski definition) is 4. The van der Waals surface area contributed by atoms with Gasteiger partial charge in [0.25, 0.3) is 0 Å². The molecule has 1 aromatic carbocycles. The number of anilines is 1. The molecule has 0 radical (unpaired) electrons. The fourth-order valence-corrected chi connectivity index (χ4v) is 2.60. The quantitative estimate of drug-likeness (QED) is 0.836. The molecular weight excluding hydrogens is 226 g/mol. The molecular formula is C14H17N3O. The molecule has 94 valence electrons. The maximum atomic E-state index is 9.57. The van der Waals surface area contributed by atoms with Crippen molar-refractivity contribution in [2.75, 3.05) is 18.8 Å². The van der Waals surface area contributed by atoms with Crippen molar-refractivity contribution in [3.63, 3.8) is 0 Å². The van der Waals surface area contributed by atoms with Crippen molar-refractivity contribution < 1.29 is 5.11 Å². The third-order valence-electron chi connectivity index (χ3n) is 3.46. The zero-order valence-corrected chi connectivity index (χ0v) is 10.2. The fraction of sp³-hybridized carbons (Fsp3) is 0.357. The molecule has 0 bridgehead atoms. The second-order valence-electron chi connectivity index (χ2n) is 4.90. The van der Waals surface area contributed by atoms with E-state index in [0.29, 0.717) is 5.82 Å². The Hall–Kier alpha value is -1.65. The Morgan fingerprint density at radius 2 is 2.22 bits per heavy atom. The van der Waals surface area contributed by atoms with E-state index in [9.17, 15) is 5.11 Å².